The van der Waals surface area contributed by atoms with Crippen LogP contribution in [0.3, 0.4) is 0 Å². The van der Waals surface area contributed by atoms with Crippen molar-refractivity contribution in [1.29, 1.82) is 0 Å². The van der Waals surface area contributed by atoms with Crippen molar-refractivity contribution in [2.45, 2.75) is 10.9 Å². The normalized spacial score (nSPS) is 11.0. The first-order chi connectivity index (χ1) is 11.8. The highest BCUT2D eigenvalue weighted by Gasteiger charge is 2.17. The number of hydrogen-bond donors (Lipinski definition) is 0. The summed E-state index contributed by atoms with van der Waals surface area (Å²) in [4.78, 5) is 1.08. The SMILES string of the molecule is Clc1snnc1CSc1nnc(-c2cccs2)n1-c1ccccc1. The molecule has 0 saturated carbocycles. The van der Waals surface area contributed by atoms with Gasteiger partial charge in [-0.1, -0.05) is 52.1 Å². The molecule has 0 N–H and O–H groups in total. The lowest BCUT2D eigenvalue weighted by molar-refractivity contribution is 0.885. The van der Waals surface area contributed by atoms with E-state index in [4.69, 9.17) is 11.6 Å². The Labute approximate surface area is 155 Å². The van der Waals surface area contributed by atoms with Gasteiger partial charge in [0.15, 0.2) is 11.0 Å². The van der Waals surface area contributed by atoms with Crippen LogP contribution in [0.4, 0.5) is 0 Å². The molecule has 120 valence electrons. The van der Waals surface area contributed by atoms with Crippen LogP contribution in [0, 0.1) is 0 Å². The molecule has 4 aromatic rings. The molecule has 0 aliphatic heterocycles. The lowest BCUT2D eigenvalue weighted by atomic mass is 10.3. The van der Waals surface area contributed by atoms with Crippen LogP contribution in [0.2, 0.25) is 4.34 Å². The second kappa shape index (κ2) is 7.02. The van der Waals surface area contributed by atoms with Gasteiger partial charge in [-0.2, -0.15) is 0 Å². The van der Waals surface area contributed by atoms with E-state index in [-0.39, 0.29) is 0 Å². The third-order valence-corrected chi connectivity index (χ3v) is 6.03. The monoisotopic (exact) mass is 391 g/mol. The molecule has 0 fully saturated rings. The van der Waals surface area contributed by atoms with Crippen LogP contribution in [0.25, 0.3) is 16.4 Å². The maximum Gasteiger partial charge on any atom is 0.196 e. The van der Waals surface area contributed by atoms with Gasteiger partial charge in [0.25, 0.3) is 0 Å². The molecule has 5 nitrogen and oxygen atoms in total. The summed E-state index contributed by atoms with van der Waals surface area (Å²) in [5.41, 5.74) is 1.79. The van der Waals surface area contributed by atoms with Crippen molar-refractivity contribution in [1.82, 2.24) is 24.4 Å². The number of hydrogen-bond acceptors (Lipinski definition) is 7. The molecule has 0 spiro atoms. The smallest absolute Gasteiger partial charge is 0.196 e. The molecular formula is C15H10ClN5S3. The summed E-state index contributed by atoms with van der Waals surface area (Å²) in [6, 6.07) is 14.1. The van der Waals surface area contributed by atoms with Gasteiger partial charge in [0.1, 0.15) is 10.0 Å². The van der Waals surface area contributed by atoms with Gasteiger partial charge in [-0.05, 0) is 23.6 Å². The van der Waals surface area contributed by atoms with Crippen molar-refractivity contribution in [3.05, 3.63) is 57.9 Å². The molecule has 3 heterocycles. The lowest BCUT2D eigenvalue weighted by Gasteiger charge is -2.08. The molecule has 0 radical (unpaired) electrons. The average Bonchev–Trinajstić information content (AvgIpc) is 3.34. The van der Waals surface area contributed by atoms with E-state index < -0.39 is 0 Å². The first kappa shape index (κ1) is 15.8. The van der Waals surface area contributed by atoms with Crippen LogP contribution in [0.1, 0.15) is 5.69 Å². The topological polar surface area (TPSA) is 56.5 Å². The van der Waals surface area contributed by atoms with Crippen molar-refractivity contribution in [2.75, 3.05) is 0 Å². The number of nitrogens with zero attached hydrogens (tertiary/aromatic N) is 5. The molecule has 9 heteroatoms. The van der Waals surface area contributed by atoms with Crippen LogP contribution in [-0.4, -0.2) is 24.4 Å². The third kappa shape index (κ3) is 3.10. The molecule has 0 atom stereocenters. The van der Waals surface area contributed by atoms with E-state index in [1.165, 1.54) is 11.5 Å². The molecule has 0 bridgehead atoms. The molecule has 4 rings (SSSR count). The van der Waals surface area contributed by atoms with Gasteiger partial charge < -0.3 is 0 Å². The summed E-state index contributed by atoms with van der Waals surface area (Å²) in [6.45, 7) is 0. The second-order valence-electron chi connectivity index (χ2n) is 4.74. The fourth-order valence-corrected chi connectivity index (χ4v) is 4.54. The summed E-state index contributed by atoms with van der Waals surface area (Å²) in [5, 5.41) is 15.7. The second-order valence-corrected chi connectivity index (χ2v) is 7.98. The van der Waals surface area contributed by atoms with E-state index in [2.05, 4.69) is 24.4 Å². The molecule has 24 heavy (non-hydrogen) atoms. The number of thioether (sulfide) groups is 1. The van der Waals surface area contributed by atoms with Crippen LogP contribution >= 0.6 is 46.2 Å². The van der Waals surface area contributed by atoms with Gasteiger partial charge in [-0.15, -0.1) is 26.6 Å². The Balaban J connectivity index is 1.73. The van der Waals surface area contributed by atoms with E-state index in [9.17, 15) is 0 Å². The third-order valence-electron chi connectivity index (χ3n) is 3.24. The molecule has 0 aliphatic rings. The number of rotatable bonds is 5. The van der Waals surface area contributed by atoms with Crippen LogP contribution in [0.15, 0.2) is 53.0 Å². The Bertz CT molecular complexity index is 933. The summed E-state index contributed by atoms with van der Waals surface area (Å²) < 4.78 is 6.54. The van der Waals surface area contributed by atoms with Gasteiger partial charge in [-0.25, -0.2) is 0 Å². The van der Waals surface area contributed by atoms with Crippen molar-refractivity contribution in [2.24, 2.45) is 0 Å². The zero-order valence-corrected chi connectivity index (χ0v) is 15.4. The minimum atomic E-state index is 0.602. The van der Waals surface area contributed by atoms with Crippen LogP contribution < -0.4 is 0 Å². The largest absolute Gasteiger partial charge is 0.269 e. The Morgan fingerprint density at radius 1 is 1.04 bits per heavy atom. The number of benzene rings is 1. The molecule has 0 aliphatic carbocycles. The fraction of sp³-hybridized carbons (Fsp3) is 0.0667. The highest BCUT2D eigenvalue weighted by molar-refractivity contribution is 7.98. The summed E-state index contributed by atoms with van der Waals surface area (Å²) in [6.07, 6.45) is 0. The summed E-state index contributed by atoms with van der Waals surface area (Å²) in [7, 11) is 0. The Kier molecular flexibility index (Phi) is 4.61. The zero-order chi connectivity index (χ0) is 16.4. The van der Waals surface area contributed by atoms with E-state index in [0.29, 0.717) is 10.1 Å². The van der Waals surface area contributed by atoms with Crippen molar-refractivity contribution >= 4 is 46.2 Å². The predicted octanol–water partition coefficient (Wildman–Crippen LogP) is 4.79. The maximum atomic E-state index is 6.09. The fourth-order valence-electron chi connectivity index (χ4n) is 2.15. The van der Waals surface area contributed by atoms with Gasteiger partial charge in [0.2, 0.25) is 0 Å². The zero-order valence-electron chi connectivity index (χ0n) is 12.2. The quantitative estimate of drug-likeness (QED) is 0.457. The van der Waals surface area contributed by atoms with Crippen molar-refractivity contribution in [3.8, 4) is 16.4 Å². The molecule has 0 unspecified atom stereocenters. The molecule has 0 saturated heterocycles. The van der Waals surface area contributed by atoms with Gasteiger partial charge >= 0.3 is 0 Å². The standard InChI is InChI=1S/C15H10ClN5S3/c16-13-11(17-20-24-13)9-23-15-19-18-14(12-7-4-8-22-12)21(15)10-5-2-1-3-6-10/h1-8H,9H2. The number of halogens is 1. The molecule has 0 amide bonds. The first-order valence-corrected chi connectivity index (χ1v) is 9.99. The van der Waals surface area contributed by atoms with E-state index in [0.717, 1.165) is 27.2 Å². The van der Waals surface area contributed by atoms with Crippen molar-refractivity contribution < 1.29 is 0 Å². The Morgan fingerprint density at radius 2 is 1.92 bits per heavy atom. The predicted molar refractivity (Wildman–Crippen MR) is 99.2 cm³/mol. The van der Waals surface area contributed by atoms with E-state index in [1.54, 1.807) is 23.1 Å². The summed E-state index contributed by atoms with van der Waals surface area (Å²) in [5.74, 6) is 1.44. The minimum Gasteiger partial charge on any atom is -0.269 e. The maximum absolute atomic E-state index is 6.09. The number of aromatic nitrogens is 5. The lowest BCUT2D eigenvalue weighted by Crippen LogP contribution is -1.99. The molecule has 3 aromatic heterocycles. The van der Waals surface area contributed by atoms with Crippen LogP contribution in [0.5, 0.6) is 0 Å². The number of thiophene rings is 1. The minimum absolute atomic E-state index is 0.602. The van der Waals surface area contributed by atoms with E-state index in [1.807, 2.05) is 47.8 Å². The van der Waals surface area contributed by atoms with Gasteiger partial charge in [0, 0.05) is 23.0 Å². The number of para-hydroxylation sites is 1. The molecule has 1 aromatic carbocycles. The Hall–Kier alpha value is -1.74. The average molecular weight is 392 g/mol. The van der Waals surface area contributed by atoms with Gasteiger partial charge in [-0.3, -0.25) is 4.57 Å². The van der Waals surface area contributed by atoms with Crippen LogP contribution in [-0.2, 0) is 5.75 Å². The molecular weight excluding hydrogens is 382 g/mol. The first-order valence-electron chi connectivity index (χ1n) is 6.97. The highest BCUT2D eigenvalue weighted by atomic mass is 35.5. The van der Waals surface area contributed by atoms with Gasteiger partial charge in [0.05, 0.1) is 4.88 Å². The Morgan fingerprint density at radius 3 is 2.62 bits per heavy atom. The summed E-state index contributed by atoms with van der Waals surface area (Å²) >= 11 is 10.5. The van der Waals surface area contributed by atoms with E-state index >= 15 is 0 Å². The highest BCUT2D eigenvalue weighted by Crippen LogP contribution is 2.32. The van der Waals surface area contributed by atoms with Crippen molar-refractivity contribution in [3.63, 3.8) is 0 Å².